The zero-order chi connectivity index (χ0) is 8.74. The highest BCUT2D eigenvalue weighted by Crippen LogP contribution is 2.08. The van der Waals surface area contributed by atoms with Gasteiger partial charge in [-0.2, -0.15) is 0 Å². The molecule has 1 rings (SSSR count). The number of rotatable bonds is 0. The summed E-state index contributed by atoms with van der Waals surface area (Å²) in [7, 11) is 0. The Morgan fingerprint density at radius 3 is 1.09 bits per heavy atom. The predicted octanol–water partition coefficient (Wildman–Crippen LogP) is 2.78. The van der Waals surface area contributed by atoms with Crippen molar-refractivity contribution in [2.45, 2.75) is 11.4 Å². The van der Waals surface area contributed by atoms with Crippen molar-refractivity contribution in [3.8, 4) is 0 Å². The number of nitrogens with two attached hydrogens (primary N) is 1. The SMILES string of the molecule is CC(N)(Cl)Cl.c1ccccc1. The van der Waals surface area contributed by atoms with Crippen molar-refractivity contribution in [3.63, 3.8) is 0 Å². The second kappa shape index (κ2) is 5.42. The third-order valence-electron chi connectivity index (χ3n) is 0.667. The lowest BCUT2D eigenvalue weighted by molar-refractivity contribution is 0.935. The maximum atomic E-state index is 5.07. The van der Waals surface area contributed by atoms with E-state index in [4.69, 9.17) is 28.9 Å². The first-order valence-electron chi connectivity index (χ1n) is 3.17. The zero-order valence-corrected chi connectivity index (χ0v) is 7.81. The van der Waals surface area contributed by atoms with Crippen LogP contribution in [-0.4, -0.2) is 4.46 Å². The Kier molecular flexibility index (Phi) is 5.30. The minimum absolute atomic E-state index is 1.06. The van der Waals surface area contributed by atoms with Gasteiger partial charge in [-0.25, -0.2) is 0 Å². The molecule has 0 aliphatic carbocycles. The Labute approximate surface area is 77.1 Å². The lowest BCUT2D eigenvalue weighted by atomic mass is 10.4. The first kappa shape index (κ1) is 10.8. The molecule has 1 nitrogen and oxygen atoms in total. The number of alkyl halides is 2. The zero-order valence-electron chi connectivity index (χ0n) is 6.30. The summed E-state index contributed by atoms with van der Waals surface area (Å²) < 4.78 is -1.06. The lowest BCUT2D eigenvalue weighted by Gasteiger charge is -1.99. The Hall–Kier alpha value is -0.240. The molecular weight excluding hydrogens is 181 g/mol. The molecule has 0 radical (unpaired) electrons. The first-order valence-corrected chi connectivity index (χ1v) is 3.92. The Morgan fingerprint density at radius 2 is 1.00 bits per heavy atom. The molecule has 0 spiro atoms. The molecule has 0 aliphatic heterocycles. The smallest absolute Gasteiger partial charge is 0.163 e. The molecule has 0 fully saturated rings. The second-order valence-electron chi connectivity index (χ2n) is 2.11. The van der Waals surface area contributed by atoms with Crippen LogP contribution in [0.1, 0.15) is 6.92 Å². The van der Waals surface area contributed by atoms with E-state index >= 15 is 0 Å². The lowest BCUT2D eigenvalue weighted by Crippen LogP contribution is -2.19. The van der Waals surface area contributed by atoms with Crippen LogP contribution in [0.25, 0.3) is 0 Å². The molecule has 1 aromatic rings. The van der Waals surface area contributed by atoms with Crippen molar-refractivity contribution in [1.29, 1.82) is 0 Å². The summed E-state index contributed by atoms with van der Waals surface area (Å²) in [5.41, 5.74) is 4.89. The van der Waals surface area contributed by atoms with E-state index in [-0.39, 0.29) is 0 Å². The highest BCUT2D eigenvalue weighted by Gasteiger charge is 2.03. The number of benzene rings is 1. The molecule has 62 valence electrons. The van der Waals surface area contributed by atoms with Crippen molar-refractivity contribution < 1.29 is 0 Å². The van der Waals surface area contributed by atoms with Crippen molar-refractivity contribution in [2.24, 2.45) is 5.73 Å². The van der Waals surface area contributed by atoms with Crippen LogP contribution in [0.15, 0.2) is 36.4 Å². The van der Waals surface area contributed by atoms with Crippen LogP contribution in [0, 0.1) is 0 Å². The number of halogens is 2. The molecule has 11 heavy (non-hydrogen) atoms. The van der Waals surface area contributed by atoms with Crippen LogP contribution >= 0.6 is 23.2 Å². The summed E-state index contributed by atoms with van der Waals surface area (Å²) in [6.45, 7) is 1.50. The van der Waals surface area contributed by atoms with Gasteiger partial charge in [-0.05, 0) is 6.92 Å². The monoisotopic (exact) mass is 191 g/mol. The van der Waals surface area contributed by atoms with Crippen molar-refractivity contribution in [3.05, 3.63) is 36.4 Å². The fraction of sp³-hybridized carbons (Fsp3) is 0.250. The van der Waals surface area contributed by atoms with Crippen molar-refractivity contribution in [2.75, 3.05) is 0 Å². The van der Waals surface area contributed by atoms with E-state index in [9.17, 15) is 0 Å². The molecular formula is C8H11Cl2N. The third kappa shape index (κ3) is 17.7. The third-order valence-corrected chi connectivity index (χ3v) is 0.667. The summed E-state index contributed by atoms with van der Waals surface area (Å²) in [6, 6.07) is 12.0. The molecule has 0 aromatic heterocycles. The van der Waals surface area contributed by atoms with E-state index in [0.29, 0.717) is 0 Å². The number of hydrogen-bond donors (Lipinski definition) is 1. The molecule has 0 atom stereocenters. The van der Waals surface area contributed by atoms with Crippen LogP contribution in [0.4, 0.5) is 0 Å². The largest absolute Gasteiger partial charge is 0.300 e. The summed E-state index contributed by atoms with van der Waals surface area (Å²) in [5, 5.41) is 0. The van der Waals surface area contributed by atoms with Crippen molar-refractivity contribution in [1.82, 2.24) is 0 Å². The van der Waals surface area contributed by atoms with Gasteiger partial charge in [-0.3, -0.25) is 0 Å². The maximum absolute atomic E-state index is 5.07. The summed E-state index contributed by atoms with van der Waals surface area (Å²) >= 11 is 10.1. The summed E-state index contributed by atoms with van der Waals surface area (Å²) in [5.74, 6) is 0. The fourth-order valence-corrected chi connectivity index (χ4v) is 0.385. The van der Waals surface area contributed by atoms with Gasteiger partial charge in [-0.15, -0.1) is 0 Å². The average molecular weight is 192 g/mol. The normalized spacial score (nSPS) is 9.82. The maximum Gasteiger partial charge on any atom is 0.163 e. The van der Waals surface area contributed by atoms with Crippen molar-refractivity contribution >= 4 is 23.2 Å². The Balaban J connectivity index is 0.000000187. The van der Waals surface area contributed by atoms with Gasteiger partial charge in [0, 0.05) is 0 Å². The quantitative estimate of drug-likeness (QED) is 0.496. The average Bonchev–Trinajstić information content (AvgIpc) is 1.88. The topological polar surface area (TPSA) is 26.0 Å². The molecule has 0 heterocycles. The fourth-order valence-electron chi connectivity index (χ4n) is 0.385. The van der Waals surface area contributed by atoms with Gasteiger partial charge in [0.2, 0.25) is 0 Å². The Bertz CT molecular complexity index is 136. The first-order chi connectivity index (χ1) is 5.00. The molecule has 0 saturated carbocycles. The van der Waals surface area contributed by atoms with Gasteiger partial charge in [0.15, 0.2) is 4.46 Å². The van der Waals surface area contributed by atoms with Crippen LogP contribution in [0.3, 0.4) is 0 Å². The summed E-state index contributed by atoms with van der Waals surface area (Å²) in [4.78, 5) is 0. The number of hydrogen-bond acceptors (Lipinski definition) is 1. The van der Waals surface area contributed by atoms with Crippen LogP contribution in [0.2, 0.25) is 0 Å². The molecule has 0 saturated heterocycles. The molecule has 2 N–H and O–H groups in total. The highest BCUT2D eigenvalue weighted by atomic mass is 35.5. The molecule has 0 amide bonds. The van der Waals surface area contributed by atoms with Crippen LogP contribution in [0.5, 0.6) is 0 Å². The van der Waals surface area contributed by atoms with E-state index in [1.165, 1.54) is 6.92 Å². The molecule has 0 unspecified atom stereocenters. The standard InChI is InChI=1S/C6H6.C2H5Cl2N/c1-2-4-6-5-3-1;1-2(3,4)5/h1-6H;5H2,1H3. The second-order valence-corrected chi connectivity index (χ2v) is 3.87. The van der Waals surface area contributed by atoms with E-state index in [1.807, 2.05) is 36.4 Å². The predicted molar refractivity (Wildman–Crippen MR) is 50.7 cm³/mol. The molecule has 0 aliphatic rings. The van der Waals surface area contributed by atoms with E-state index in [1.54, 1.807) is 0 Å². The van der Waals surface area contributed by atoms with E-state index in [2.05, 4.69) is 0 Å². The highest BCUT2D eigenvalue weighted by molar-refractivity contribution is 6.47. The minimum Gasteiger partial charge on any atom is -0.300 e. The summed E-state index contributed by atoms with van der Waals surface area (Å²) in [6.07, 6.45) is 0. The molecule has 1 aromatic carbocycles. The van der Waals surface area contributed by atoms with Gasteiger partial charge in [0.05, 0.1) is 0 Å². The van der Waals surface area contributed by atoms with Gasteiger partial charge >= 0.3 is 0 Å². The molecule has 3 heteroatoms. The van der Waals surface area contributed by atoms with Gasteiger partial charge in [0.1, 0.15) is 0 Å². The van der Waals surface area contributed by atoms with Crippen LogP contribution in [-0.2, 0) is 0 Å². The Morgan fingerprint density at radius 1 is 0.909 bits per heavy atom. The minimum atomic E-state index is -1.06. The van der Waals surface area contributed by atoms with Crippen LogP contribution < -0.4 is 5.73 Å². The van der Waals surface area contributed by atoms with E-state index < -0.39 is 4.46 Å². The van der Waals surface area contributed by atoms with Gasteiger partial charge in [0.25, 0.3) is 0 Å². The van der Waals surface area contributed by atoms with Gasteiger partial charge < -0.3 is 5.73 Å². The van der Waals surface area contributed by atoms with E-state index in [0.717, 1.165) is 0 Å². The van der Waals surface area contributed by atoms with Gasteiger partial charge in [-0.1, -0.05) is 59.6 Å². The molecule has 0 bridgehead atoms.